The molecule has 11 rings (SSSR count). The van der Waals surface area contributed by atoms with E-state index in [0.717, 1.165) is 73.3 Å². The van der Waals surface area contributed by atoms with Crippen LogP contribution in [0.1, 0.15) is 139 Å². The zero-order valence-electron chi connectivity index (χ0n) is 64.1. The number of carbonyl (C=O) groups excluding carboxylic acids is 4. The number of carbonyl (C=O) groups is 4. The molecule has 14 nitrogen and oxygen atoms in total. The summed E-state index contributed by atoms with van der Waals surface area (Å²) in [6, 6.07) is 86.9. The number of hydrogen-bond donors (Lipinski definition) is 2. The van der Waals surface area contributed by atoms with E-state index in [0.29, 0.717) is 44.5 Å². The normalized spacial score (nSPS) is 11.2. The van der Waals surface area contributed by atoms with Crippen LogP contribution in [0.4, 0.5) is 0 Å². The molecule has 2 N–H and O–H groups in total. The molecule has 0 unspecified atom stereocenters. The smallest absolute Gasteiger partial charge is 0.872 e. The van der Waals surface area contributed by atoms with Gasteiger partial charge in [0.1, 0.15) is 0 Å². The van der Waals surface area contributed by atoms with Gasteiger partial charge in [0, 0.05) is 59.5 Å². The van der Waals surface area contributed by atoms with Crippen molar-refractivity contribution in [2.75, 3.05) is 28.2 Å². The molecule has 0 amide bonds. The van der Waals surface area contributed by atoms with Gasteiger partial charge in [-0.05, 0) is 130 Å². The minimum Gasteiger partial charge on any atom is -0.872 e. The third-order valence-corrected chi connectivity index (χ3v) is 14.8. The van der Waals surface area contributed by atoms with Gasteiger partial charge in [0.2, 0.25) is 0 Å². The second-order valence-corrected chi connectivity index (χ2v) is 27.1. The summed E-state index contributed by atoms with van der Waals surface area (Å²) in [4.78, 5) is 60.4. The van der Waals surface area contributed by atoms with E-state index in [-0.39, 0.29) is 92.0 Å². The zero-order chi connectivity index (χ0) is 77.3. The van der Waals surface area contributed by atoms with Crippen molar-refractivity contribution in [1.29, 1.82) is 0 Å². The molecule has 0 saturated carbocycles. The molecular weight excluding hydrogens is 1370 g/mol. The molecule has 0 saturated heterocycles. The van der Waals surface area contributed by atoms with Crippen LogP contribution in [0, 0.1) is 13.8 Å². The monoisotopic (exact) mass is 1470 g/mol. The summed E-state index contributed by atoms with van der Waals surface area (Å²) in [5.41, 5.74) is 11.7. The van der Waals surface area contributed by atoms with E-state index in [1.165, 1.54) is 11.1 Å². The van der Waals surface area contributed by atoms with Gasteiger partial charge in [0.25, 0.3) is 0 Å². The van der Waals surface area contributed by atoms with Crippen LogP contribution in [0.3, 0.4) is 0 Å². The minimum atomic E-state index is -0.264. The molecule has 11 aromatic rings. The number of benzene rings is 9. The molecule has 550 valence electrons. The Balaban J connectivity index is 0.000000328. The van der Waals surface area contributed by atoms with Gasteiger partial charge in [-0.25, -0.2) is 0 Å². The van der Waals surface area contributed by atoms with E-state index in [9.17, 15) is 39.6 Å². The maximum atomic E-state index is 11.8. The van der Waals surface area contributed by atoms with Crippen LogP contribution in [0.25, 0.3) is 23.0 Å². The SMILES string of the molecule is CN(C)Cc1ccc(CNC(C)(C)C)[n-]1.CN(C)Cc1ccc(CNC(C)(C)C)[n-]1.Cc1ccc(C)cc1.O=C(/C=C(\[O-])c1ccccc1)c1ccccc1.O=C(/C=C(\[O-])c1ccccc1)c1ccccc1.O=C(/C=C(\[O-])c1ccccc1)c1ccccc1.O=C(/C=C(\[O-])c1ccccc1)c1ccccc1.[Al+3].[Al+3]. The molecule has 9 aromatic carbocycles. The van der Waals surface area contributed by atoms with Crippen molar-refractivity contribution in [3.05, 3.63) is 394 Å². The van der Waals surface area contributed by atoms with Crippen LogP contribution in [-0.2, 0) is 26.2 Å². The van der Waals surface area contributed by atoms with E-state index in [1.807, 2.05) is 48.5 Å². The second-order valence-electron chi connectivity index (χ2n) is 27.1. The van der Waals surface area contributed by atoms with Gasteiger partial charge in [0.05, 0.1) is 0 Å². The van der Waals surface area contributed by atoms with Crippen LogP contribution in [0.2, 0.25) is 0 Å². The van der Waals surface area contributed by atoms with E-state index in [4.69, 9.17) is 0 Å². The molecule has 0 fully saturated rings. The van der Waals surface area contributed by atoms with Gasteiger partial charge in [-0.3, -0.25) is 19.2 Å². The Kier molecular flexibility index (Phi) is 41.7. The maximum absolute atomic E-state index is 11.8. The van der Waals surface area contributed by atoms with Gasteiger partial charge in [0.15, 0.2) is 23.1 Å². The predicted octanol–water partition coefficient (Wildman–Crippen LogP) is 13.8. The van der Waals surface area contributed by atoms with E-state index >= 15 is 0 Å². The number of hydrogen-bond acceptors (Lipinski definition) is 12. The topological polar surface area (TPSA) is 219 Å². The molecule has 2 aromatic heterocycles. The summed E-state index contributed by atoms with van der Waals surface area (Å²) < 4.78 is 0. The average Bonchev–Trinajstić information content (AvgIpc) is 1.59. The summed E-state index contributed by atoms with van der Waals surface area (Å²) in [5, 5.41) is 53.9. The van der Waals surface area contributed by atoms with Crippen LogP contribution < -0.4 is 41.0 Å². The molecule has 2 heterocycles. The number of ketones is 4. The molecule has 16 heteroatoms. The molecule has 0 aliphatic carbocycles. The third-order valence-electron chi connectivity index (χ3n) is 14.8. The number of nitrogens with zero attached hydrogens (tertiary/aromatic N) is 4. The van der Waals surface area contributed by atoms with Crippen molar-refractivity contribution in [3.63, 3.8) is 0 Å². The first-order valence-corrected chi connectivity index (χ1v) is 34.8. The number of nitrogens with one attached hydrogen (secondary N) is 2. The third kappa shape index (κ3) is 38.0. The first-order chi connectivity index (χ1) is 50.6. The van der Waals surface area contributed by atoms with Gasteiger partial charge in [-0.2, -0.15) is 0 Å². The Bertz CT molecular complexity index is 3980. The summed E-state index contributed by atoms with van der Waals surface area (Å²) >= 11 is 0. The molecule has 0 aliphatic heterocycles. The van der Waals surface area contributed by atoms with Crippen molar-refractivity contribution in [2.24, 2.45) is 0 Å². The quantitative estimate of drug-likeness (QED) is 0.0314. The van der Waals surface area contributed by atoms with Crippen LogP contribution in [0.15, 0.2) is 315 Å². The number of rotatable bonds is 20. The summed E-state index contributed by atoms with van der Waals surface area (Å²) in [6.07, 6.45) is 4.52. The Morgan fingerprint density at radius 2 is 0.472 bits per heavy atom. The molecular formula is C92H98Al2N6O8. The molecule has 0 radical (unpaired) electrons. The fourth-order valence-electron chi connectivity index (χ4n) is 9.23. The standard InChI is InChI=1S/4C15H12O2.2C12H22N3.C8H10.2Al/c4*16-14(12-7-3-1-4-8-12)11-15(17)13-9-5-2-6-10-13;2*1-12(2,3)13-8-10-6-7-11(14-10)9-15(4)5;1-7-3-5-8(2)6-4-7;;/h4*1-11,16H;2*6-7,13H,8-9H2,1-5H3;3-6H,1-2H3;;/q;;;;2*-1;;2*+3/p-4/b4*14-11-;;;;;. The van der Waals surface area contributed by atoms with E-state index < -0.39 is 0 Å². The fraction of sp³-hybridized carbons (Fsp3) is 0.196. The molecule has 0 atom stereocenters. The Morgan fingerprint density at radius 3 is 0.648 bits per heavy atom. The van der Waals surface area contributed by atoms with Gasteiger partial charge in [-0.15, -0.1) is 22.8 Å². The first-order valence-electron chi connectivity index (χ1n) is 34.8. The Morgan fingerprint density at radius 1 is 0.296 bits per heavy atom. The van der Waals surface area contributed by atoms with Crippen LogP contribution >= 0.6 is 0 Å². The molecule has 0 aliphatic rings. The van der Waals surface area contributed by atoms with Crippen molar-refractivity contribution < 1.29 is 39.6 Å². The van der Waals surface area contributed by atoms with Gasteiger partial charge in [-0.1, -0.05) is 325 Å². The summed E-state index contributed by atoms with van der Waals surface area (Å²) in [7, 11) is 8.23. The predicted molar refractivity (Wildman–Crippen MR) is 436 cm³/mol. The van der Waals surface area contributed by atoms with Gasteiger partial charge < -0.3 is 50.8 Å². The van der Waals surface area contributed by atoms with Crippen LogP contribution in [-0.4, -0.2) is 107 Å². The summed E-state index contributed by atoms with van der Waals surface area (Å²) in [5.74, 6) is -2.12. The average molecular weight is 1470 g/mol. The minimum absolute atomic E-state index is 0. The van der Waals surface area contributed by atoms with Crippen molar-refractivity contribution in [2.45, 2.75) is 92.6 Å². The Hall–Kier alpha value is -10.7. The Labute approximate surface area is 661 Å². The fourth-order valence-corrected chi connectivity index (χ4v) is 9.23. The van der Waals surface area contributed by atoms with Gasteiger partial charge >= 0.3 is 34.7 Å². The second kappa shape index (κ2) is 49.2. The number of aryl methyl sites for hydroxylation is 2. The molecule has 0 bridgehead atoms. The molecule has 108 heavy (non-hydrogen) atoms. The largest absolute Gasteiger partial charge is 3.00 e. The summed E-state index contributed by atoms with van der Waals surface area (Å²) in [6.45, 7) is 20.7. The van der Waals surface area contributed by atoms with Crippen molar-refractivity contribution >= 4 is 80.9 Å². The zero-order valence-corrected chi connectivity index (χ0v) is 66.4. The van der Waals surface area contributed by atoms with Crippen molar-refractivity contribution in [3.8, 4) is 0 Å². The van der Waals surface area contributed by atoms with E-state index in [1.54, 1.807) is 194 Å². The maximum Gasteiger partial charge on any atom is 3.00 e. The molecule has 0 spiro atoms. The van der Waals surface area contributed by atoms with Crippen molar-refractivity contribution in [1.82, 2.24) is 30.4 Å². The number of allylic oxidation sites excluding steroid dienone is 4. The van der Waals surface area contributed by atoms with E-state index in [2.05, 4.69) is 163 Å². The number of aromatic nitrogens is 2. The first kappa shape index (κ1) is 91.5. The van der Waals surface area contributed by atoms with Crippen LogP contribution in [0.5, 0.6) is 0 Å².